The molecule has 1 atom stereocenters. The molecule has 0 aliphatic heterocycles. The molecule has 0 radical (unpaired) electrons. The van der Waals surface area contributed by atoms with Crippen LogP contribution in [-0.2, 0) is 16.0 Å². The number of carbonyl (C=O) groups excluding carboxylic acids is 1. The van der Waals surface area contributed by atoms with Gasteiger partial charge in [0, 0.05) is 10.0 Å². The smallest absolute Gasteiger partial charge is 0.347 e. The molecular formula is C18H18Cl2O3. The number of halogens is 2. The summed E-state index contributed by atoms with van der Waals surface area (Å²) in [6, 6.07) is 13.0. The molecule has 0 aliphatic rings. The van der Waals surface area contributed by atoms with Crippen LogP contribution in [0.4, 0.5) is 0 Å². The molecule has 0 aromatic heterocycles. The number of esters is 1. The average molecular weight is 353 g/mol. The average Bonchev–Trinajstić information content (AvgIpc) is 2.52. The Morgan fingerprint density at radius 2 is 1.83 bits per heavy atom. The van der Waals surface area contributed by atoms with Crippen LogP contribution in [0.2, 0.25) is 10.0 Å². The lowest BCUT2D eigenvalue weighted by Crippen LogP contribution is -2.26. The molecule has 2 rings (SSSR count). The van der Waals surface area contributed by atoms with Gasteiger partial charge in [-0.15, -0.1) is 0 Å². The van der Waals surface area contributed by atoms with Crippen LogP contribution >= 0.6 is 23.2 Å². The first kappa shape index (κ1) is 17.6. The predicted octanol–water partition coefficient (Wildman–Crippen LogP) is 4.91. The van der Waals surface area contributed by atoms with Crippen molar-refractivity contribution in [2.24, 2.45) is 0 Å². The maximum Gasteiger partial charge on any atom is 0.347 e. The van der Waals surface area contributed by atoms with Gasteiger partial charge in [-0.1, -0.05) is 41.4 Å². The van der Waals surface area contributed by atoms with Gasteiger partial charge in [0.15, 0.2) is 6.10 Å². The van der Waals surface area contributed by atoms with E-state index in [0.29, 0.717) is 28.8 Å². The largest absolute Gasteiger partial charge is 0.479 e. The molecule has 5 heteroatoms. The zero-order chi connectivity index (χ0) is 16.8. The maximum absolute atomic E-state index is 11.5. The third kappa shape index (κ3) is 5.15. The number of hydrogen-bond acceptors (Lipinski definition) is 3. The second kappa shape index (κ2) is 8.23. The van der Waals surface area contributed by atoms with E-state index >= 15 is 0 Å². The molecule has 0 saturated heterocycles. The highest BCUT2D eigenvalue weighted by molar-refractivity contribution is 6.35. The van der Waals surface area contributed by atoms with Crippen molar-refractivity contribution in [1.29, 1.82) is 0 Å². The van der Waals surface area contributed by atoms with Gasteiger partial charge in [-0.05, 0) is 55.7 Å². The first-order valence-electron chi connectivity index (χ1n) is 7.35. The molecule has 0 aliphatic carbocycles. The third-order valence-corrected chi connectivity index (χ3v) is 3.85. The highest BCUT2D eigenvalue weighted by atomic mass is 35.5. The van der Waals surface area contributed by atoms with Gasteiger partial charge in [-0.2, -0.15) is 0 Å². The summed E-state index contributed by atoms with van der Waals surface area (Å²) in [7, 11) is 0. The first-order chi connectivity index (χ1) is 11.0. The van der Waals surface area contributed by atoms with E-state index in [9.17, 15) is 4.79 Å². The molecule has 2 aromatic carbocycles. The Morgan fingerprint density at radius 1 is 1.13 bits per heavy atom. The Morgan fingerprint density at radius 3 is 2.43 bits per heavy atom. The predicted molar refractivity (Wildman–Crippen MR) is 92.4 cm³/mol. The quantitative estimate of drug-likeness (QED) is 0.692. The van der Waals surface area contributed by atoms with E-state index in [1.807, 2.05) is 36.4 Å². The van der Waals surface area contributed by atoms with Gasteiger partial charge in [0.25, 0.3) is 0 Å². The molecule has 122 valence electrons. The van der Waals surface area contributed by atoms with Gasteiger partial charge in [0.2, 0.25) is 0 Å². The van der Waals surface area contributed by atoms with Crippen LogP contribution in [-0.4, -0.2) is 18.7 Å². The Balaban J connectivity index is 2.00. The molecular weight excluding hydrogens is 335 g/mol. The fourth-order valence-corrected chi connectivity index (χ4v) is 2.56. The van der Waals surface area contributed by atoms with Crippen LogP contribution in [0.15, 0.2) is 42.5 Å². The summed E-state index contributed by atoms with van der Waals surface area (Å²) in [6.45, 7) is 3.77. The number of carbonyl (C=O) groups is 1. The molecule has 23 heavy (non-hydrogen) atoms. The summed E-state index contributed by atoms with van der Waals surface area (Å²) >= 11 is 12.1. The van der Waals surface area contributed by atoms with Crippen molar-refractivity contribution >= 4 is 29.2 Å². The minimum Gasteiger partial charge on any atom is -0.479 e. The topological polar surface area (TPSA) is 35.5 Å². The summed E-state index contributed by atoms with van der Waals surface area (Å²) in [5.41, 5.74) is 2.09. The van der Waals surface area contributed by atoms with Gasteiger partial charge >= 0.3 is 5.97 Å². The van der Waals surface area contributed by atoms with Crippen molar-refractivity contribution < 1.29 is 14.3 Å². The molecule has 0 saturated carbocycles. The second-order valence-corrected chi connectivity index (χ2v) is 5.91. The van der Waals surface area contributed by atoms with Crippen molar-refractivity contribution in [2.45, 2.75) is 26.4 Å². The second-order valence-electron chi connectivity index (χ2n) is 5.07. The Hall–Kier alpha value is -1.71. The number of rotatable bonds is 6. The number of ether oxygens (including phenoxy) is 2. The standard InChI is InChI=1S/C18H18Cl2O3/c1-3-22-18(21)12(2)23-16-8-4-13(5-9-16)10-14-6-7-15(19)11-17(14)20/h4-9,11-12H,3,10H2,1-2H3. The van der Waals surface area contributed by atoms with Crippen LogP contribution < -0.4 is 4.74 Å². The Labute approximate surface area is 146 Å². The molecule has 0 N–H and O–H groups in total. The summed E-state index contributed by atoms with van der Waals surface area (Å²) in [5.74, 6) is 0.251. The first-order valence-corrected chi connectivity index (χ1v) is 8.11. The zero-order valence-corrected chi connectivity index (χ0v) is 14.5. The Kier molecular flexibility index (Phi) is 6.31. The fraction of sp³-hybridized carbons (Fsp3) is 0.278. The maximum atomic E-state index is 11.5. The molecule has 2 aromatic rings. The van der Waals surface area contributed by atoms with Crippen LogP contribution in [0.1, 0.15) is 25.0 Å². The highest BCUT2D eigenvalue weighted by Crippen LogP contribution is 2.24. The van der Waals surface area contributed by atoms with E-state index in [0.717, 1.165) is 11.1 Å². The Bertz CT molecular complexity index is 668. The van der Waals surface area contributed by atoms with E-state index < -0.39 is 6.10 Å². The lowest BCUT2D eigenvalue weighted by molar-refractivity contribution is -0.150. The van der Waals surface area contributed by atoms with E-state index in [1.54, 1.807) is 19.9 Å². The van der Waals surface area contributed by atoms with Crippen LogP contribution in [0.5, 0.6) is 5.75 Å². The van der Waals surface area contributed by atoms with Crippen LogP contribution in [0, 0.1) is 0 Å². The van der Waals surface area contributed by atoms with Crippen molar-refractivity contribution in [3.05, 3.63) is 63.6 Å². The van der Waals surface area contributed by atoms with Gasteiger partial charge in [0.05, 0.1) is 6.61 Å². The fourth-order valence-electron chi connectivity index (χ4n) is 2.08. The molecule has 1 unspecified atom stereocenters. The minimum absolute atomic E-state index is 0.341. The van der Waals surface area contributed by atoms with Crippen molar-refractivity contribution in [3.63, 3.8) is 0 Å². The summed E-state index contributed by atoms with van der Waals surface area (Å²) in [6.07, 6.45) is 0.0653. The lowest BCUT2D eigenvalue weighted by atomic mass is 10.0. The van der Waals surface area contributed by atoms with E-state index in [-0.39, 0.29) is 5.97 Å². The highest BCUT2D eigenvalue weighted by Gasteiger charge is 2.15. The number of hydrogen-bond donors (Lipinski definition) is 0. The normalized spacial score (nSPS) is 11.8. The van der Waals surface area contributed by atoms with Gasteiger partial charge in [-0.25, -0.2) is 4.79 Å². The third-order valence-electron chi connectivity index (χ3n) is 3.26. The molecule has 0 spiro atoms. The molecule has 0 bridgehead atoms. The summed E-state index contributed by atoms with van der Waals surface area (Å²) in [5, 5.41) is 1.27. The van der Waals surface area contributed by atoms with E-state index in [4.69, 9.17) is 32.7 Å². The zero-order valence-electron chi connectivity index (χ0n) is 13.0. The molecule has 3 nitrogen and oxygen atoms in total. The van der Waals surface area contributed by atoms with Crippen LogP contribution in [0.3, 0.4) is 0 Å². The summed E-state index contributed by atoms with van der Waals surface area (Å²) < 4.78 is 10.5. The van der Waals surface area contributed by atoms with Crippen LogP contribution in [0.25, 0.3) is 0 Å². The number of benzene rings is 2. The van der Waals surface area contributed by atoms with Gasteiger partial charge < -0.3 is 9.47 Å². The van der Waals surface area contributed by atoms with Gasteiger partial charge in [-0.3, -0.25) is 0 Å². The lowest BCUT2D eigenvalue weighted by Gasteiger charge is -2.13. The van der Waals surface area contributed by atoms with Crippen molar-refractivity contribution in [1.82, 2.24) is 0 Å². The van der Waals surface area contributed by atoms with E-state index in [1.165, 1.54) is 0 Å². The van der Waals surface area contributed by atoms with Crippen molar-refractivity contribution in [3.8, 4) is 5.75 Å². The minimum atomic E-state index is -0.633. The van der Waals surface area contributed by atoms with Crippen molar-refractivity contribution in [2.75, 3.05) is 6.61 Å². The van der Waals surface area contributed by atoms with Gasteiger partial charge in [0.1, 0.15) is 5.75 Å². The molecule has 0 fully saturated rings. The van der Waals surface area contributed by atoms with E-state index in [2.05, 4.69) is 0 Å². The monoisotopic (exact) mass is 352 g/mol. The molecule has 0 amide bonds. The summed E-state index contributed by atoms with van der Waals surface area (Å²) in [4.78, 5) is 11.5. The SMILES string of the molecule is CCOC(=O)C(C)Oc1ccc(Cc2ccc(Cl)cc2Cl)cc1. The molecule has 0 heterocycles.